The molecule has 8 nitrogen and oxygen atoms in total. The van der Waals surface area contributed by atoms with E-state index in [1.54, 1.807) is 12.1 Å². The summed E-state index contributed by atoms with van der Waals surface area (Å²) < 4.78 is 4.73. The van der Waals surface area contributed by atoms with Crippen molar-refractivity contribution < 1.29 is 19.5 Å². The van der Waals surface area contributed by atoms with E-state index in [2.05, 4.69) is 10.1 Å². The SMILES string of the molecule is Cc1ccc(O)cc1.NCc1nc(C(N)CCC(=O)O)no1. The van der Waals surface area contributed by atoms with Gasteiger partial charge in [0.1, 0.15) is 5.75 Å². The van der Waals surface area contributed by atoms with E-state index >= 15 is 0 Å². The van der Waals surface area contributed by atoms with E-state index in [1.165, 1.54) is 5.56 Å². The summed E-state index contributed by atoms with van der Waals surface area (Å²) in [6, 6.07) is 6.57. The molecule has 0 saturated carbocycles. The first-order valence-electron chi connectivity index (χ1n) is 6.68. The number of aliphatic carboxylic acids is 1. The van der Waals surface area contributed by atoms with Crippen molar-refractivity contribution in [2.75, 3.05) is 0 Å². The lowest BCUT2D eigenvalue weighted by Crippen LogP contribution is -2.14. The molecule has 120 valence electrons. The molecule has 0 aliphatic carbocycles. The van der Waals surface area contributed by atoms with Gasteiger partial charge in [-0.3, -0.25) is 4.79 Å². The lowest BCUT2D eigenvalue weighted by atomic mass is 10.1. The van der Waals surface area contributed by atoms with Gasteiger partial charge in [0, 0.05) is 6.42 Å². The van der Waals surface area contributed by atoms with Crippen LogP contribution in [-0.2, 0) is 11.3 Å². The van der Waals surface area contributed by atoms with Crippen molar-refractivity contribution in [2.45, 2.75) is 32.4 Å². The standard InChI is InChI=1S/C7H12N4O3.C7H8O/c8-3-5-10-7(11-14-5)4(9)1-2-6(12)13;1-6-2-4-7(8)5-3-6/h4H,1-3,8-9H2,(H,12,13);2-5,8H,1H3. The molecule has 0 bridgehead atoms. The summed E-state index contributed by atoms with van der Waals surface area (Å²) in [6.45, 7) is 2.14. The number of phenolic OH excluding ortho intramolecular Hbond substituents is 1. The predicted molar refractivity (Wildman–Crippen MR) is 78.8 cm³/mol. The summed E-state index contributed by atoms with van der Waals surface area (Å²) in [6.07, 6.45) is 0.256. The number of hydrogen-bond acceptors (Lipinski definition) is 7. The van der Waals surface area contributed by atoms with Gasteiger partial charge >= 0.3 is 5.97 Å². The maximum absolute atomic E-state index is 10.3. The van der Waals surface area contributed by atoms with Gasteiger partial charge in [0.05, 0.1) is 12.6 Å². The molecule has 0 aliphatic heterocycles. The first kappa shape index (κ1) is 17.6. The number of hydrogen-bond donors (Lipinski definition) is 4. The number of aromatic hydroxyl groups is 1. The second-order valence-electron chi connectivity index (χ2n) is 4.62. The summed E-state index contributed by atoms with van der Waals surface area (Å²) in [5.74, 6) is 0.0241. The molecule has 2 rings (SSSR count). The van der Waals surface area contributed by atoms with Gasteiger partial charge in [-0.05, 0) is 25.5 Å². The van der Waals surface area contributed by atoms with Crippen LogP contribution in [0.2, 0.25) is 0 Å². The average Bonchev–Trinajstić information content (AvgIpc) is 2.97. The van der Waals surface area contributed by atoms with Crippen LogP contribution >= 0.6 is 0 Å². The van der Waals surface area contributed by atoms with Gasteiger partial charge in [-0.15, -0.1) is 0 Å². The summed E-state index contributed by atoms with van der Waals surface area (Å²) in [5, 5.41) is 20.8. The highest BCUT2D eigenvalue weighted by Gasteiger charge is 2.14. The Morgan fingerprint density at radius 3 is 2.45 bits per heavy atom. The Morgan fingerprint density at radius 1 is 1.36 bits per heavy atom. The van der Waals surface area contributed by atoms with Gasteiger partial charge in [0.15, 0.2) is 5.82 Å². The van der Waals surface area contributed by atoms with E-state index in [-0.39, 0.29) is 19.4 Å². The fraction of sp³-hybridized carbons (Fsp3) is 0.357. The third kappa shape index (κ3) is 6.33. The van der Waals surface area contributed by atoms with Gasteiger partial charge < -0.3 is 26.2 Å². The molecule has 1 aromatic heterocycles. The van der Waals surface area contributed by atoms with Crippen molar-refractivity contribution in [1.29, 1.82) is 0 Å². The van der Waals surface area contributed by atoms with Crippen molar-refractivity contribution in [3.05, 3.63) is 41.5 Å². The molecule has 0 saturated heterocycles. The molecule has 0 aliphatic rings. The second kappa shape index (κ2) is 8.75. The predicted octanol–water partition coefficient (Wildman–Crippen LogP) is 1.09. The summed E-state index contributed by atoms with van der Waals surface area (Å²) in [4.78, 5) is 14.1. The van der Waals surface area contributed by atoms with Crippen molar-refractivity contribution in [1.82, 2.24) is 10.1 Å². The quantitative estimate of drug-likeness (QED) is 0.641. The average molecular weight is 308 g/mol. The number of nitrogens with zero attached hydrogens (tertiary/aromatic N) is 2. The van der Waals surface area contributed by atoms with E-state index in [0.717, 1.165) is 0 Å². The van der Waals surface area contributed by atoms with E-state index in [9.17, 15) is 4.79 Å². The van der Waals surface area contributed by atoms with Gasteiger partial charge in [0.25, 0.3) is 0 Å². The monoisotopic (exact) mass is 308 g/mol. The lowest BCUT2D eigenvalue weighted by Gasteiger charge is -2.02. The van der Waals surface area contributed by atoms with Crippen molar-refractivity contribution in [2.24, 2.45) is 11.5 Å². The third-order valence-corrected chi connectivity index (χ3v) is 2.69. The number of benzene rings is 1. The Kier molecular flexibility index (Phi) is 7.00. The second-order valence-corrected chi connectivity index (χ2v) is 4.62. The van der Waals surface area contributed by atoms with Crippen LogP contribution in [0, 0.1) is 6.92 Å². The number of phenols is 1. The first-order valence-corrected chi connectivity index (χ1v) is 6.68. The Bertz CT molecular complexity index is 562. The summed E-state index contributed by atoms with van der Waals surface area (Å²) in [5.41, 5.74) is 12.0. The molecule has 2 aromatic rings. The highest BCUT2D eigenvalue weighted by Crippen LogP contribution is 2.12. The number of rotatable bonds is 5. The minimum atomic E-state index is -0.900. The van der Waals surface area contributed by atoms with Crippen LogP contribution < -0.4 is 11.5 Å². The Hall–Kier alpha value is -2.45. The Labute approximate surface area is 127 Å². The van der Waals surface area contributed by atoms with Crippen molar-refractivity contribution >= 4 is 5.97 Å². The molecule has 8 heteroatoms. The highest BCUT2D eigenvalue weighted by molar-refractivity contribution is 5.66. The van der Waals surface area contributed by atoms with Gasteiger partial charge in [-0.1, -0.05) is 22.9 Å². The van der Waals surface area contributed by atoms with Crippen LogP contribution in [0.3, 0.4) is 0 Å². The van der Waals surface area contributed by atoms with Crippen molar-refractivity contribution in [3.8, 4) is 5.75 Å². The number of carbonyl (C=O) groups is 1. The molecule has 0 radical (unpaired) electrons. The summed E-state index contributed by atoms with van der Waals surface area (Å²) in [7, 11) is 0. The number of aromatic nitrogens is 2. The fourth-order valence-electron chi connectivity index (χ4n) is 1.45. The van der Waals surface area contributed by atoms with Crippen LogP contribution in [0.15, 0.2) is 28.8 Å². The van der Waals surface area contributed by atoms with Crippen molar-refractivity contribution in [3.63, 3.8) is 0 Å². The number of carboxylic acids is 1. The molecule has 0 amide bonds. The van der Waals surface area contributed by atoms with Crippen LogP contribution in [0.25, 0.3) is 0 Å². The smallest absolute Gasteiger partial charge is 0.303 e. The van der Waals surface area contributed by atoms with Crippen LogP contribution in [0.1, 0.15) is 36.2 Å². The zero-order valence-corrected chi connectivity index (χ0v) is 12.3. The minimum absolute atomic E-state index is 0.0202. The Morgan fingerprint density at radius 2 is 2.00 bits per heavy atom. The zero-order valence-electron chi connectivity index (χ0n) is 12.3. The first-order chi connectivity index (χ1) is 10.4. The number of nitrogens with two attached hydrogens (primary N) is 2. The maximum atomic E-state index is 10.3. The van der Waals surface area contributed by atoms with Gasteiger partial charge in [0.2, 0.25) is 5.89 Å². The van der Waals surface area contributed by atoms with Crippen LogP contribution in [-0.4, -0.2) is 26.3 Å². The molecule has 22 heavy (non-hydrogen) atoms. The molecule has 1 unspecified atom stereocenters. The minimum Gasteiger partial charge on any atom is -0.508 e. The Balaban J connectivity index is 0.000000255. The van der Waals surface area contributed by atoms with Gasteiger partial charge in [-0.2, -0.15) is 4.98 Å². The molecule has 1 atom stereocenters. The van der Waals surface area contributed by atoms with Gasteiger partial charge in [-0.25, -0.2) is 0 Å². The highest BCUT2D eigenvalue weighted by atomic mass is 16.5. The maximum Gasteiger partial charge on any atom is 0.303 e. The molecular weight excluding hydrogens is 288 g/mol. The van der Waals surface area contributed by atoms with E-state index < -0.39 is 12.0 Å². The fourth-order valence-corrected chi connectivity index (χ4v) is 1.45. The molecular formula is C14H20N4O4. The zero-order chi connectivity index (χ0) is 16.5. The lowest BCUT2D eigenvalue weighted by molar-refractivity contribution is -0.137. The van der Waals surface area contributed by atoms with E-state index in [1.807, 2.05) is 19.1 Å². The van der Waals surface area contributed by atoms with E-state index in [0.29, 0.717) is 17.5 Å². The third-order valence-electron chi connectivity index (χ3n) is 2.69. The largest absolute Gasteiger partial charge is 0.508 e. The molecule has 0 fully saturated rings. The topological polar surface area (TPSA) is 148 Å². The normalized spacial score (nSPS) is 11.4. The van der Waals surface area contributed by atoms with E-state index in [4.69, 9.17) is 26.2 Å². The molecule has 1 heterocycles. The summed E-state index contributed by atoms with van der Waals surface area (Å²) >= 11 is 0. The number of carboxylic acid groups (broad SMARTS) is 1. The molecule has 1 aromatic carbocycles. The van der Waals surface area contributed by atoms with Crippen LogP contribution in [0.5, 0.6) is 5.75 Å². The molecule has 0 spiro atoms. The van der Waals surface area contributed by atoms with Crippen LogP contribution in [0.4, 0.5) is 0 Å². The molecule has 6 N–H and O–H groups in total. The number of aryl methyl sites for hydroxylation is 1.